The zero-order valence-electron chi connectivity index (χ0n) is 24.1. The van der Waals surface area contributed by atoms with Gasteiger partial charge in [-0.2, -0.15) is 0 Å². The Morgan fingerprint density at radius 2 is 1.83 bits per heavy atom. The molecule has 41 heavy (non-hydrogen) atoms. The number of nitrogen functional groups attached to an aromatic ring is 1. The number of carbonyl (C=O) groups excluding carboxylic acids is 1. The average molecular weight is 556 g/mol. The lowest BCUT2D eigenvalue weighted by Crippen LogP contribution is -2.50. The minimum atomic E-state index is -0.520. The van der Waals surface area contributed by atoms with Crippen LogP contribution >= 0.6 is 0 Å². The van der Waals surface area contributed by atoms with Crippen molar-refractivity contribution in [3.8, 4) is 17.0 Å². The van der Waals surface area contributed by atoms with Crippen molar-refractivity contribution in [1.82, 2.24) is 19.4 Å². The lowest BCUT2D eigenvalue weighted by molar-refractivity contribution is 0.0240. The van der Waals surface area contributed by atoms with Gasteiger partial charge in [-0.1, -0.05) is 18.2 Å². The molecule has 0 bridgehead atoms. The molecular formula is C31H37N7O3. The molecule has 3 N–H and O–H groups in total. The highest BCUT2D eigenvalue weighted by molar-refractivity contribution is 5.95. The number of nitrogens with one attached hydrogen (secondary N) is 1. The molecule has 1 amide bonds. The van der Waals surface area contributed by atoms with Gasteiger partial charge in [-0.05, 0) is 51.8 Å². The fraction of sp³-hybridized carbons (Fsp3) is 0.387. The van der Waals surface area contributed by atoms with Crippen LogP contribution in [0.3, 0.4) is 0 Å². The van der Waals surface area contributed by atoms with E-state index in [1.807, 2.05) is 39.0 Å². The van der Waals surface area contributed by atoms with Gasteiger partial charge in [0.15, 0.2) is 0 Å². The van der Waals surface area contributed by atoms with Crippen LogP contribution in [0.15, 0.2) is 54.9 Å². The van der Waals surface area contributed by atoms with Crippen LogP contribution in [0.4, 0.5) is 27.8 Å². The Labute approximate surface area is 240 Å². The van der Waals surface area contributed by atoms with E-state index in [-0.39, 0.29) is 6.09 Å². The fourth-order valence-electron chi connectivity index (χ4n) is 5.34. The molecule has 214 valence electrons. The van der Waals surface area contributed by atoms with Gasteiger partial charge in [0, 0.05) is 67.1 Å². The lowest BCUT2D eigenvalue weighted by Gasteiger charge is -2.37. The molecule has 0 atom stereocenters. The molecule has 0 spiro atoms. The number of amides is 1. The number of carbonyl (C=O) groups is 1. The number of rotatable bonds is 6. The van der Waals surface area contributed by atoms with Crippen LogP contribution in [-0.2, 0) is 4.74 Å². The molecule has 6 rings (SSSR count). The van der Waals surface area contributed by atoms with Crippen LogP contribution in [0.25, 0.3) is 22.2 Å². The number of fused-ring (bicyclic) bond motifs is 1. The number of para-hydroxylation sites is 1. The molecule has 2 aliphatic rings. The molecule has 1 saturated carbocycles. The number of aromatic nitrogens is 3. The first-order valence-electron chi connectivity index (χ1n) is 14.1. The molecule has 2 aromatic carbocycles. The summed E-state index contributed by atoms with van der Waals surface area (Å²) in [5.41, 5.74) is 11.3. The van der Waals surface area contributed by atoms with E-state index in [0.717, 1.165) is 16.9 Å². The lowest BCUT2D eigenvalue weighted by atomic mass is 10.1. The summed E-state index contributed by atoms with van der Waals surface area (Å²) in [5, 5.41) is 4.50. The number of benzene rings is 2. The first kappa shape index (κ1) is 26.7. The summed E-state index contributed by atoms with van der Waals surface area (Å²) in [6.45, 7) is 8.00. The summed E-state index contributed by atoms with van der Waals surface area (Å²) >= 11 is 0. The monoisotopic (exact) mass is 555 g/mol. The Morgan fingerprint density at radius 1 is 1.07 bits per heavy atom. The number of nitrogens with two attached hydrogens (primary N) is 1. The van der Waals surface area contributed by atoms with Gasteiger partial charge < -0.3 is 34.9 Å². The van der Waals surface area contributed by atoms with E-state index in [4.69, 9.17) is 20.2 Å². The number of anilines is 4. The molecule has 1 aliphatic carbocycles. The van der Waals surface area contributed by atoms with Crippen molar-refractivity contribution >= 4 is 40.0 Å². The third-order valence-corrected chi connectivity index (χ3v) is 7.48. The standard InChI is InChI=1S/C31H37N7O3/c1-31(2,3)41-30(39)37-15-13-36(14-16-37)27-18-28(40-4)25(17-23(27)32)35-29-33-12-11-24(34-29)22-19-38(20-9-10-20)26-8-6-5-7-21(22)26/h5-8,11-12,17-20H,9-10,13-16,32H2,1-4H3,(H,33,34,35). The fourth-order valence-corrected chi connectivity index (χ4v) is 5.34. The van der Waals surface area contributed by atoms with Crippen molar-refractivity contribution in [1.29, 1.82) is 0 Å². The van der Waals surface area contributed by atoms with Crippen LogP contribution < -0.4 is 20.7 Å². The third-order valence-electron chi connectivity index (χ3n) is 7.48. The first-order chi connectivity index (χ1) is 19.7. The van der Waals surface area contributed by atoms with Gasteiger partial charge in [0.1, 0.15) is 11.4 Å². The first-order valence-corrected chi connectivity index (χ1v) is 14.1. The van der Waals surface area contributed by atoms with E-state index in [2.05, 4.69) is 50.2 Å². The SMILES string of the molecule is COc1cc(N2CCN(C(=O)OC(C)(C)C)CC2)c(N)cc1Nc1nccc(-c2cn(C3CC3)c3ccccc23)n1. The predicted molar refractivity (Wildman–Crippen MR) is 162 cm³/mol. The summed E-state index contributed by atoms with van der Waals surface area (Å²) < 4.78 is 13.6. The van der Waals surface area contributed by atoms with Gasteiger partial charge in [-0.3, -0.25) is 0 Å². The number of hydrogen-bond donors (Lipinski definition) is 2. The number of nitrogens with zero attached hydrogens (tertiary/aromatic N) is 5. The van der Waals surface area contributed by atoms with Crippen LogP contribution in [-0.4, -0.2) is 64.4 Å². The van der Waals surface area contributed by atoms with Gasteiger partial charge in [0.05, 0.1) is 29.9 Å². The van der Waals surface area contributed by atoms with E-state index in [9.17, 15) is 4.79 Å². The number of methoxy groups -OCH3 is 1. The summed E-state index contributed by atoms with van der Waals surface area (Å²) in [6.07, 6.45) is 6.12. The molecule has 4 aromatic rings. The van der Waals surface area contributed by atoms with Crippen molar-refractivity contribution in [3.63, 3.8) is 0 Å². The molecule has 1 aliphatic heterocycles. The number of hydrogen-bond acceptors (Lipinski definition) is 8. The Hall–Kier alpha value is -4.47. The van der Waals surface area contributed by atoms with E-state index in [1.54, 1.807) is 18.2 Å². The largest absolute Gasteiger partial charge is 0.494 e. The Morgan fingerprint density at radius 3 is 2.54 bits per heavy atom. The normalized spacial score (nSPS) is 15.7. The van der Waals surface area contributed by atoms with E-state index < -0.39 is 5.60 Å². The zero-order valence-corrected chi connectivity index (χ0v) is 24.1. The van der Waals surface area contributed by atoms with Crippen molar-refractivity contribution in [2.24, 2.45) is 0 Å². The smallest absolute Gasteiger partial charge is 0.410 e. The van der Waals surface area contributed by atoms with Crippen LogP contribution in [0.5, 0.6) is 5.75 Å². The van der Waals surface area contributed by atoms with Gasteiger partial charge in [-0.25, -0.2) is 14.8 Å². The minimum Gasteiger partial charge on any atom is -0.494 e. The summed E-state index contributed by atoms with van der Waals surface area (Å²) in [4.78, 5) is 25.7. The third kappa shape index (κ3) is 5.59. The van der Waals surface area contributed by atoms with Crippen molar-refractivity contribution < 1.29 is 14.3 Å². The molecule has 2 fully saturated rings. The molecule has 10 heteroatoms. The van der Waals surface area contributed by atoms with Gasteiger partial charge >= 0.3 is 6.09 Å². The van der Waals surface area contributed by atoms with E-state index >= 15 is 0 Å². The second-order valence-corrected chi connectivity index (χ2v) is 11.7. The molecule has 2 aromatic heterocycles. The maximum absolute atomic E-state index is 12.5. The van der Waals surface area contributed by atoms with Crippen molar-refractivity contribution in [2.75, 3.05) is 49.2 Å². The van der Waals surface area contributed by atoms with Crippen LogP contribution in [0, 0.1) is 0 Å². The Balaban J connectivity index is 1.21. The average Bonchev–Trinajstić information content (AvgIpc) is 3.72. The van der Waals surface area contributed by atoms with Crippen LogP contribution in [0.1, 0.15) is 39.7 Å². The summed E-state index contributed by atoms with van der Waals surface area (Å²) in [5.74, 6) is 1.09. The van der Waals surface area contributed by atoms with Gasteiger partial charge in [0.2, 0.25) is 5.95 Å². The molecular weight excluding hydrogens is 518 g/mol. The molecule has 3 heterocycles. The van der Waals surface area contributed by atoms with Gasteiger partial charge in [-0.15, -0.1) is 0 Å². The van der Waals surface area contributed by atoms with Crippen LogP contribution in [0.2, 0.25) is 0 Å². The molecule has 0 radical (unpaired) electrons. The van der Waals surface area contributed by atoms with Crippen molar-refractivity contribution in [3.05, 3.63) is 54.9 Å². The maximum atomic E-state index is 12.5. The van der Waals surface area contributed by atoms with E-state index in [1.165, 1.54) is 23.7 Å². The summed E-state index contributed by atoms with van der Waals surface area (Å²) in [6, 6.07) is 14.8. The Kier molecular flexibility index (Phi) is 6.84. The van der Waals surface area contributed by atoms with E-state index in [0.29, 0.717) is 55.3 Å². The second kappa shape index (κ2) is 10.5. The predicted octanol–water partition coefficient (Wildman–Crippen LogP) is 5.82. The maximum Gasteiger partial charge on any atom is 0.410 e. The quantitative estimate of drug-likeness (QED) is 0.286. The highest BCUT2D eigenvalue weighted by Gasteiger charge is 2.28. The zero-order chi connectivity index (χ0) is 28.7. The number of piperazine rings is 1. The van der Waals surface area contributed by atoms with Crippen molar-refractivity contribution in [2.45, 2.75) is 45.3 Å². The highest BCUT2D eigenvalue weighted by atomic mass is 16.6. The molecule has 10 nitrogen and oxygen atoms in total. The second-order valence-electron chi connectivity index (χ2n) is 11.7. The Bertz CT molecular complexity index is 1580. The number of ether oxygens (including phenoxy) is 2. The highest BCUT2D eigenvalue weighted by Crippen LogP contribution is 2.41. The molecule has 0 unspecified atom stereocenters. The van der Waals surface area contributed by atoms with Gasteiger partial charge in [0.25, 0.3) is 0 Å². The minimum absolute atomic E-state index is 0.290. The summed E-state index contributed by atoms with van der Waals surface area (Å²) in [7, 11) is 1.63. The topological polar surface area (TPSA) is 111 Å². The molecule has 1 saturated heterocycles.